The Bertz CT molecular complexity index is 2900. The molecule has 0 radical (unpaired) electrons. The van der Waals surface area contributed by atoms with Gasteiger partial charge in [0.15, 0.2) is 0 Å². The molecule has 276 valence electrons. The van der Waals surface area contributed by atoms with Crippen molar-refractivity contribution < 1.29 is 0 Å². The van der Waals surface area contributed by atoms with E-state index in [0.29, 0.717) is 0 Å². The molecular formula is C58H44. The molecule has 0 aromatic heterocycles. The summed E-state index contributed by atoms with van der Waals surface area (Å²) in [6, 6.07) is 74.4. The minimum Gasteiger partial charge on any atom is -0.0622 e. The number of fused-ring (bicyclic) bond motifs is 7. The fourth-order valence-electron chi connectivity index (χ4n) is 10.5. The SMILES string of the molecule is C(=C(c1ccccc1)c1ccccc1)c1ccc(-c2c3ccccc3c(-c3ccccc3-c3ccc4c(c3)C3(CCCCC3)c3ccccc3-4)c3ccccc23)cc1. The summed E-state index contributed by atoms with van der Waals surface area (Å²) in [6.45, 7) is 0. The quantitative estimate of drug-likeness (QED) is 0.118. The van der Waals surface area contributed by atoms with Gasteiger partial charge in [0.1, 0.15) is 0 Å². The van der Waals surface area contributed by atoms with Crippen LogP contribution in [0.5, 0.6) is 0 Å². The van der Waals surface area contributed by atoms with Crippen LogP contribution in [-0.2, 0) is 5.41 Å². The molecule has 0 amide bonds. The van der Waals surface area contributed by atoms with Gasteiger partial charge in [-0.1, -0.05) is 213 Å². The van der Waals surface area contributed by atoms with Gasteiger partial charge in [-0.2, -0.15) is 0 Å². The number of hydrogen-bond acceptors (Lipinski definition) is 0. The third-order valence-electron chi connectivity index (χ3n) is 13.1. The topological polar surface area (TPSA) is 0 Å². The van der Waals surface area contributed by atoms with Crippen LogP contribution >= 0.6 is 0 Å². The van der Waals surface area contributed by atoms with Gasteiger partial charge in [-0.15, -0.1) is 0 Å². The van der Waals surface area contributed by atoms with Gasteiger partial charge in [-0.05, 0) is 124 Å². The molecule has 2 aliphatic rings. The zero-order valence-corrected chi connectivity index (χ0v) is 32.7. The Kier molecular flexibility index (Phi) is 8.51. The summed E-state index contributed by atoms with van der Waals surface area (Å²) in [7, 11) is 0. The maximum absolute atomic E-state index is 2.56. The van der Waals surface area contributed by atoms with E-state index in [1.54, 1.807) is 5.56 Å². The molecule has 0 nitrogen and oxygen atoms in total. The van der Waals surface area contributed by atoms with Crippen LogP contribution in [0.3, 0.4) is 0 Å². The van der Waals surface area contributed by atoms with E-state index in [0.717, 1.165) is 0 Å². The summed E-state index contributed by atoms with van der Waals surface area (Å²) < 4.78 is 0. The first kappa shape index (κ1) is 34.5. The second-order valence-electron chi connectivity index (χ2n) is 16.2. The smallest absolute Gasteiger partial charge is 0.0215 e. The van der Waals surface area contributed by atoms with Gasteiger partial charge in [-0.3, -0.25) is 0 Å². The van der Waals surface area contributed by atoms with Gasteiger partial charge in [0.25, 0.3) is 0 Å². The molecule has 9 aromatic rings. The molecule has 0 heterocycles. The molecular weight excluding hydrogens is 697 g/mol. The Balaban J connectivity index is 1.06. The fourth-order valence-corrected chi connectivity index (χ4v) is 10.5. The highest BCUT2D eigenvalue weighted by Gasteiger charge is 2.43. The van der Waals surface area contributed by atoms with E-state index in [1.807, 2.05) is 0 Å². The molecule has 58 heavy (non-hydrogen) atoms. The Morgan fingerprint density at radius 3 is 1.47 bits per heavy atom. The normalized spacial score (nSPS) is 14.0. The van der Waals surface area contributed by atoms with Gasteiger partial charge >= 0.3 is 0 Å². The van der Waals surface area contributed by atoms with Crippen molar-refractivity contribution in [2.45, 2.75) is 37.5 Å². The Labute approximate surface area is 341 Å². The molecule has 0 saturated heterocycles. The van der Waals surface area contributed by atoms with E-state index < -0.39 is 0 Å². The summed E-state index contributed by atoms with van der Waals surface area (Å²) in [5, 5.41) is 5.10. The summed E-state index contributed by atoms with van der Waals surface area (Å²) in [4.78, 5) is 0. The molecule has 0 atom stereocenters. The van der Waals surface area contributed by atoms with E-state index in [1.165, 1.54) is 126 Å². The fraction of sp³-hybridized carbons (Fsp3) is 0.103. The molecule has 2 aliphatic carbocycles. The van der Waals surface area contributed by atoms with Crippen molar-refractivity contribution in [1.82, 2.24) is 0 Å². The van der Waals surface area contributed by atoms with Crippen LogP contribution in [0.15, 0.2) is 200 Å². The first-order valence-electron chi connectivity index (χ1n) is 21.0. The maximum Gasteiger partial charge on any atom is 0.0215 e. The first-order chi connectivity index (χ1) is 28.8. The zero-order valence-electron chi connectivity index (χ0n) is 32.7. The molecule has 0 unspecified atom stereocenters. The third kappa shape index (κ3) is 5.66. The number of hydrogen-bond donors (Lipinski definition) is 0. The minimum atomic E-state index is 0.117. The highest BCUT2D eigenvalue weighted by molar-refractivity contribution is 6.22. The van der Waals surface area contributed by atoms with E-state index in [-0.39, 0.29) is 5.41 Å². The van der Waals surface area contributed by atoms with Gasteiger partial charge in [0, 0.05) is 5.41 Å². The lowest BCUT2D eigenvalue weighted by Gasteiger charge is -2.36. The van der Waals surface area contributed by atoms with Gasteiger partial charge in [-0.25, -0.2) is 0 Å². The summed E-state index contributed by atoms with van der Waals surface area (Å²) in [5.41, 5.74) is 18.6. The summed E-state index contributed by atoms with van der Waals surface area (Å²) in [5.74, 6) is 0. The molecule has 9 aromatic carbocycles. The van der Waals surface area contributed by atoms with Crippen molar-refractivity contribution in [1.29, 1.82) is 0 Å². The average Bonchev–Trinajstić information content (AvgIpc) is 3.56. The highest BCUT2D eigenvalue weighted by Crippen LogP contribution is 2.57. The Morgan fingerprint density at radius 1 is 0.362 bits per heavy atom. The van der Waals surface area contributed by atoms with Crippen LogP contribution in [0.1, 0.15) is 59.9 Å². The molecule has 0 bridgehead atoms. The largest absolute Gasteiger partial charge is 0.0622 e. The predicted molar refractivity (Wildman–Crippen MR) is 247 cm³/mol. The molecule has 0 N–H and O–H groups in total. The molecule has 0 heteroatoms. The van der Waals surface area contributed by atoms with Crippen molar-refractivity contribution in [2.75, 3.05) is 0 Å². The summed E-state index contributed by atoms with van der Waals surface area (Å²) >= 11 is 0. The van der Waals surface area contributed by atoms with E-state index in [4.69, 9.17) is 0 Å². The molecule has 11 rings (SSSR count). The van der Waals surface area contributed by atoms with Gasteiger partial charge < -0.3 is 0 Å². The van der Waals surface area contributed by atoms with Crippen LogP contribution in [0, 0.1) is 0 Å². The van der Waals surface area contributed by atoms with Gasteiger partial charge in [0.2, 0.25) is 0 Å². The standard InChI is InChI=1S/C58H44/c1-4-18-41(19-5-1)53(42-20-6-2-7-21-42)38-40-30-32-43(33-31-40)56-49-25-10-12-27-51(49)57(52-28-13-11-26-50(52)56)48-24-9-8-22-45(48)44-34-35-47-46-23-14-15-29-54(46)58(55(47)39-44)36-16-3-17-37-58/h1-2,4-15,18-35,38-39H,3,16-17,36-37H2. The lowest BCUT2D eigenvalue weighted by atomic mass is 9.67. The molecule has 1 fully saturated rings. The first-order valence-corrected chi connectivity index (χ1v) is 21.0. The lowest BCUT2D eigenvalue weighted by Crippen LogP contribution is -2.28. The van der Waals surface area contributed by atoms with Crippen molar-refractivity contribution in [2.24, 2.45) is 0 Å². The molecule has 1 spiro atoms. The zero-order chi connectivity index (χ0) is 38.5. The molecule has 0 aliphatic heterocycles. The Morgan fingerprint density at radius 2 is 0.845 bits per heavy atom. The monoisotopic (exact) mass is 740 g/mol. The van der Waals surface area contributed by atoms with Crippen molar-refractivity contribution in [3.63, 3.8) is 0 Å². The van der Waals surface area contributed by atoms with Crippen molar-refractivity contribution in [3.8, 4) is 44.5 Å². The third-order valence-corrected chi connectivity index (χ3v) is 13.1. The van der Waals surface area contributed by atoms with Crippen LogP contribution in [0.2, 0.25) is 0 Å². The van der Waals surface area contributed by atoms with Crippen LogP contribution in [0.4, 0.5) is 0 Å². The predicted octanol–water partition coefficient (Wildman–Crippen LogP) is 15.8. The average molecular weight is 741 g/mol. The number of benzene rings is 9. The van der Waals surface area contributed by atoms with Crippen LogP contribution in [-0.4, -0.2) is 0 Å². The highest BCUT2D eigenvalue weighted by atomic mass is 14.5. The van der Waals surface area contributed by atoms with Crippen LogP contribution < -0.4 is 0 Å². The number of rotatable bonds is 6. The van der Waals surface area contributed by atoms with E-state index in [9.17, 15) is 0 Å². The molecule has 1 saturated carbocycles. The van der Waals surface area contributed by atoms with Gasteiger partial charge in [0.05, 0.1) is 0 Å². The second kappa shape index (κ2) is 14.3. The summed E-state index contributed by atoms with van der Waals surface area (Å²) in [6.07, 6.45) is 8.71. The lowest BCUT2D eigenvalue weighted by molar-refractivity contribution is 0.353. The minimum absolute atomic E-state index is 0.117. The van der Waals surface area contributed by atoms with E-state index >= 15 is 0 Å². The van der Waals surface area contributed by atoms with Crippen LogP contribution in [0.25, 0.3) is 77.7 Å². The maximum atomic E-state index is 2.56. The second-order valence-corrected chi connectivity index (χ2v) is 16.2. The van der Waals surface area contributed by atoms with Crippen molar-refractivity contribution >= 4 is 33.2 Å². The van der Waals surface area contributed by atoms with E-state index in [2.05, 4.69) is 206 Å². The Hall–Kier alpha value is -6.76. The van der Waals surface area contributed by atoms with Crippen molar-refractivity contribution in [3.05, 3.63) is 228 Å².